The molecule has 0 aliphatic carbocycles. The molecule has 2 aliphatic heterocycles. The van der Waals surface area contributed by atoms with Crippen LogP contribution < -0.4 is 10.2 Å². The van der Waals surface area contributed by atoms with Gasteiger partial charge in [0.1, 0.15) is 0 Å². The molecule has 0 spiro atoms. The maximum atomic E-state index is 12.4. The summed E-state index contributed by atoms with van der Waals surface area (Å²) in [6.07, 6.45) is -2.06. The van der Waals surface area contributed by atoms with Gasteiger partial charge in [-0.05, 0) is 6.42 Å². The van der Waals surface area contributed by atoms with Crippen molar-refractivity contribution >= 4 is 16.5 Å². The fourth-order valence-electron chi connectivity index (χ4n) is 2.73. The number of hydrogen-bond donors (Lipinski definition) is 1. The van der Waals surface area contributed by atoms with E-state index in [1.165, 1.54) is 17.5 Å². The molecule has 2 atom stereocenters. The van der Waals surface area contributed by atoms with Crippen LogP contribution >= 0.6 is 11.3 Å². The van der Waals surface area contributed by atoms with Crippen molar-refractivity contribution in [1.29, 1.82) is 0 Å². The molecule has 112 valence electrons. The minimum Gasteiger partial charge on any atom is -0.342 e. The largest absolute Gasteiger partial charge is 0.471 e. The van der Waals surface area contributed by atoms with E-state index < -0.39 is 12.1 Å². The second-order valence-corrected chi connectivity index (χ2v) is 6.08. The molecule has 4 rings (SSSR count). The average Bonchev–Trinajstić information content (AvgIpc) is 3.20. The van der Waals surface area contributed by atoms with Gasteiger partial charge in [0.05, 0.1) is 11.1 Å². The van der Waals surface area contributed by atoms with Crippen LogP contribution in [0, 0.1) is 0 Å². The van der Waals surface area contributed by atoms with Crippen LogP contribution in [0.25, 0.3) is 10.7 Å². The lowest BCUT2D eigenvalue weighted by Crippen LogP contribution is -2.43. The Kier molecular flexibility index (Phi) is 2.73. The molecule has 0 aromatic carbocycles. The summed E-state index contributed by atoms with van der Waals surface area (Å²) >= 11 is 1.28. The van der Waals surface area contributed by atoms with Crippen molar-refractivity contribution in [2.24, 2.45) is 0 Å². The molecule has 2 aromatic heterocycles. The second kappa shape index (κ2) is 4.41. The van der Waals surface area contributed by atoms with Gasteiger partial charge in [-0.15, -0.1) is 0 Å². The van der Waals surface area contributed by atoms with Crippen LogP contribution in [0.4, 0.5) is 18.3 Å². The summed E-state index contributed by atoms with van der Waals surface area (Å²) in [5, 5.41) is 7.55. The van der Waals surface area contributed by atoms with Crippen molar-refractivity contribution in [1.82, 2.24) is 20.4 Å². The predicted octanol–water partition coefficient (Wildman–Crippen LogP) is 1.76. The lowest BCUT2D eigenvalue weighted by molar-refractivity contribution is -0.159. The second-order valence-electron chi connectivity index (χ2n) is 5.08. The Morgan fingerprint density at radius 1 is 1.43 bits per heavy atom. The van der Waals surface area contributed by atoms with E-state index in [1.807, 2.05) is 0 Å². The predicted molar refractivity (Wildman–Crippen MR) is 67.9 cm³/mol. The van der Waals surface area contributed by atoms with Crippen molar-refractivity contribution < 1.29 is 17.7 Å². The minimum atomic E-state index is -4.63. The molecular weight excluding hydrogens is 307 g/mol. The summed E-state index contributed by atoms with van der Waals surface area (Å²) < 4.78 is 41.6. The van der Waals surface area contributed by atoms with E-state index in [9.17, 15) is 13.2 Å². The average molecular weight is 317 g/mol. The molecule has 0 radical (unpaired) electrons. The van der Waals surface area contributed by atoms with E-state index in [4.69, 9.17) is 0 Å². The van der Waals surface area contributed by atoms with Gasteiger partial charge in [0, 0.05) is 25.2 Å². The van der Waals surface area contributed by atoms with Gasteiger partial charge in [-0.25, -0.2) is 4.98 Å². The molecule has 1 N–H and O–H groups in total. The molecule has 2 unspecified atom stereocenters. The van der Waals surface area contributed by atoms with E-state index in [1.54, 1.807) is 0 Å². The Labute approximate surface area is 121 Å². The smallest absolute Gasteiger partial charge is 0.342 e. The summed E-state index contributed by atoms with van der Waals surface area (Å²) in [5.41, 5.74) is 0. The zero-order chi connectivity index (χ0) is 14.6. The van der Waals surface area contributed by atoms with Gasteiger partial charge in [-0.2, -0.15) is 18.2 Å². The third-order valence-corrected chi connectivity index (χ3v) is 4.72. The zero-order valence-corrected chi connectivity index (χ0v) is 11.4. The Hall–Kier alpha value is -1.68. The van der Waals surface area contributed by atoms with Crippen molar-refractivity contribution in [2.75, 3.05) is 18.0 Å². The van der Waals surface area contributed by atoms with Gasteiger partial charge in [0.2, 0.25) is 5.82 Å². The Balaban J connectivity index is 1.58. The maximum Gasteiger partial charge on any atom is 0.471 e. The monoisotopic (exact) mass is 317 g/mol. The zero-order valence-electron chi connectivity index (χ0n) is 10.6. The van der Waals surface area contributed by atoms with E-state index in [2.05, 4.69) is 29.9 Å². The first kappa shape index (κ1) is 13.0. The van der Waals surface area contributed by atoms with E-state index in [-0.39, 0.29) is 5.82 Å². The number of alkyl halides is 3. The highest BCUT2D eigenvalue weighted by atomic mass is 32.1. The SMILES string of the molecule is FC(F)(F)c1nc(-c2cnc(N3CC4CC3CN4)s2)no1. The molecule has 2 fully saturated rings. The number of rotatable bonds is 2. The summed E-state index contributed by atoms with van der Waals surface area (Å²) in [6.45, 7) is 1.79. The number of thiazole rings is 1. The van der Waals surface area contributed by atoms with Crippen LogP contribution in [0.1, 0.15) is 12.3 Å². The van der Waals surface area contributed by atoms with Crippen LogP contribution in [0.5, 0.6) is 0 Å². The first-order chi connectivity index (χ1) is 10.0. The van der Waals surface area contributed by atoms with Gasteiger partial charge >= 0.3 is 12.1 Å². The molecule has 6 nitrogen and oxygen atoms in total. The number of nitrogens with zero attached hydrogens (tertiary/aromatic N) is 4. The van der Waals surface area contributed by atoms with Crippen molar-refractivity contribution in [2.45, 2.75) is 24.7 Å². The normalized spacial score (nSPS) is 25.0. The van der Waals surface area contributed by atoms with Gasteiger partial charge < -0.3 is 14.7 Å². The van der Waals surface area contributed by atoms with Crippen LogP contribution in [0.3, 0.4) is 0 Å². The topological polar surface area (TPSA) is 67.1 Å². The van der Waals surface area contributed by atoms with Gasteiger partial charge in [0.15, 0.2) is 5.13 Å². The standard InChI is InChI=1S/C11H10F3N5OS/c12-11(13,14)9-17-8(18-20-9)7-3-16-10(21-7)19-4-5-1-6(19)2-15-5/h3,5-6,15H,1-2,4H2. The molecule has 2 aliphatic rings. The minimum absolute atomic E-state index is 0.0754. The molecule has 2 bridgehead atoms. The van der Waals surface area contributed by atoms with Gasteiger partial charge in [-0.1, -0.05) is 16.5 Å². The van der Waals surface area contributed by atoms with Crippen LogP contribution in [0.2, 0.25) is 0 Å². The fourth-order valence-corrected chi connectivity index (χ4v) is 3.66. The highest BCUT2D eigenvalue weighted by Gasteiger charge is 2.40. The highest BCUT2D eigenvalue weighted by molar-refractivity contribution is 7.18. The van der Waals surface area contributed by atoms with Crippen LogP contribution in [-0.2, 0) is 6.18 Å². The molecule has 2 saturated heterocycles. The van der Waals surface area contributed by atoms with E-state index in [0.717, 1.165) is 24.6 Å². The van der Waals surface area contributed by atoms with Gasteiger partial charge in [-0.3, -0.25) is 0 Å². The summed E-state index contributed by atoms with van der Waals surface area (Å²) in [5.74, 6) is -1.41. The Bertz CT molecular complexity index is 669. The molecule has 10 heteroatoms. The molecule has 0 saturated carbocycles. The molecular formula is C11H10F3N5OS. The third-order valence-electron chi connectivity index (χ3n) is 3.68. The van der Waals surface area contributed by atoms with E-state index >= 15 is 0 Å². The molecule has 4 heterocycles. The molecule has 21 heavy (non-hydrogen) atoms. The lowest BCUT2D eigenvalue weighted by Gasteiger charge is -2.26. The molecule has 0 amide bonds. The summed E-state index contributed by atoms with van der Waals surface area (Å²) in [6, 6.07) is 0.884. The van der Waals surface area contributed by atoms with Crippen molar-refractivity contribution in [3.63, 3.8) is 0 Å². The highest BCUT2D eigenvalue weighted by Crippen LogP contribution is 2.36. The first-order valence-electron chi connectivity index (χ1n) is 6.38. The Morgan fingerprint density at radius 3 is 2.90 bits per heavy atom. The molecule has 2 aromatic rings. The quantitative estimate of drug-likeness (QED) is 0.910. The summed E-state index contributed by atoms with van der Waals surface area (Å²) in [4.78, 5) is 10.3. The number of piperazine rings is 1. The van der Waals surface area contributed by atoms with Crippen LogP contribution in [0.15, 0.2) is 10.7 Å². The number of fused-ring (bicyclic) bond motifs is 2. The van der Waals surface area contributed by atoms with Gasteiger partial charge in [0.25, 0.3) is 0 Å². The van der Waals surface area contributed by atoms with Crippen molar-refractivity contribution in [3.8, 4) is 10.7 Å². The lowest BCUT2D eigenvalue weighted by atomic mass is 10.2. The maximum absolute atomic E-state index is 12.4. The van der Waals surface area contributed by atoms with Crippen molar-refractivity contribution in [3.05, 3.63) is 12.1 Å². The third kappa shape index (κ3) is 2.18. The fraction of sp³-hybridized carbons (Fsp3) is 0.545. The van der Waals surface area contributed by atoms with Crippen LogP contribution in [-0.4, -0.2) is 40.3 Å². The first-order valence-corrected chi connectivity index (χ1v) is 7.19. The number of halogens is 3. The number of nitrogens with one attached hydrogen (secondary N) is 1. The number of aromatic nitrogens is 3. The summed E-state index contributed by atoms with van der Waals surface area (Å²) in [7, 11) is 0. The van der Waals surface area contributed by atoms with E-state index in [0.29, 0.717) is 17.0 Å². The number of anilines is 1. The number of hydrogen-bond acceptors (Lipinski definition) is 7. The Morgan fingerprint density at radius 2 is 2.29 bits per heavy atom.